The lowest BCUT2D eigenvalue weighted by atomic mass is 10.2. The first-order valence-electron chi connectivity index (χ1n) is 10.6. The smallest absolute Gasteiger partial charge is 0.128 e. The van der Waals surface area contributed by atoms with Crippen LogP contribution in [0.2, 0.25) is 0 Å². The van der Waals surface area contributed by atoms with E-state index in [4.69, 9.17) is 0 Å². The van der Waals surface area contributed by atoms with Gasteiger partial charge in [0.2, 0.25) is 0 Å². The van der Waals surface area contributed by atoms with Crippen LogP contribution in [0.3, 0.4) is 0 Å². The normalized spacial score (nSPS) is 19.2. The predicted molar refractivity (Wildman–Crippen MR) is 117 cm³/mol. The van der Waals surface area contributed by atoms with Crippen molar-refractivity contribution in [2.75, 3.05) is 75.2 Å². The van der Waals surface area contributed by atoms with Gasteiger partial charge in [-0.25, -0.2) is 4.98 Å². The van der Waals surface area contributed by atoms with Crippen LogP contribution in [0.25, 0.3) is 0 Å². The summed E-state index contributed by atoms with van der Waals surface area (Å²) in [5, 5.41) is 0. The van der Waals surface area contributed by atoms with Gasteiger partial charge in [0.1, 0.15) is 5.82 Å². The van der Waals surface area contributed by atoms with Gasteiger partial charge in [0, 0.05) is 76.8 Å². The fourth-order valence-corrected chi connectivity index (χ4v) is 4.24. The van der Waals surface area contributed by atoms with E-state index in [0.29, 0.717) is 0 Å². The number of aryl methyl sites for hydroxylation is 2. The van der Waals surface area contributed by atoms with Gasteiger partial charge in [0.05, 0.1) is 0 Å². The molecule has 2 saturated heterocycles. The van der Waals surface area contributed by atoms with Gasteiger partial charge in [0.25, 0.3) is 0 Å². The van der Waals surface area contributed by atoms with Crippen molar-refractivity contribution in [2.24, 2.45) is 0 Å². The molecule has 2 aliphatic rings. The van der Waals surface area contributed by atoms with E-state index in [1.54, 1.807) is 0 Å². The molecule has 0 unspecified atom stereocenters. The maximum atomic E-state index is 4.67. The molecule has 0 saturated carbocycles. The van der Waals surface area contributed by atoms with Crippen LogP contribution in [0.15, 0.2) is 42.5 Å². The molecule has 5 heteroatoms. The Morgan fingerprint density at radius 1 is 0.714 bits per heavy atom. The third-order valence-electron chi connectivity index (χ3n) is 6.04. The maximum Gasteiger partial charge on any atom is 0.128 e. The molecular weight excluding hydrogens is 346 g/mol. The molecule has 1 aromatic heterocycles. The lowest BCUT2D eigenvalue weighted by Crippen LogP contribution is -2.51. The standard InChI is InChI=1S/C23H33N5/c1-20-5-3-7-22(19-20)27-15-11-25(12-16-27)9-10-26-13-17-28(18-14-26)23-8-4-6-21(2)24-23/h3-8,19H,9-18H2,1-2H3. The molecule has 28 heavy (non-hydrogen) atoms. The molecule has 0 radical (unpaired) electrons. The molecule has 3 heterocycles. The van der Waals surface area contributed by atoms with Crippen LogP contribution in [0.5, 0.6) is 0 Å². The maximum absolute atomic E-state index is 4.67. The molecule has 0 bridgehead atoms. The summed E-state index contributed by atoms with van der Waals surface area (Å²) in [5.41, 5.74) is 3.82. The van der Waals surface area contributed by atoms with Gasteiger partial charge in [0.15, 0.2) is 0 Å². The van der Waals surface area contributed by atoms with Gasteiger partial charge in [-0.05, 0) is 43.7 Å². The number of hydrogen-bond donors (Lipinski definition) is 0. The van der Waals surface area contributed by atoms with Crippen molar-refractivity contribution >= 4 is 11.5 Å². The first-order chi connectivity index (χ1) is 13.7. The largest absolute Gasteiger partial charge is 0.369 e. The SMILES string of the molecule is Cc1cccc(N2CCN(CCN3CCN(c4cccc(C)n4)CC3)CC2)c1. The molecule has 0 amide bonds. The Hall–Kier alpha value is -2.11. The molecule has 0 N–H and O–H groups in total. The Kier molecular flexibility index (Phi) is 6.13. The molecule has 2 aromatic rings. The van der Waals surface area contributed by atoms with E-state index in [2.05, 4.69) is 80.9 Å². The van der Waals surface area contributed by atoms with E-state index in [1.165, 1.54) is 37.4 Å². The van der Waals surface area contributed by atoms with Gasteiger partial charge in [-0.15, -0.1) is 0 Å². The summed E-state index contributed by atoms with van der Waals surface area (Å²) in [4.78, 5) is 14.9. The van der Waals surface area contributed by atoms with Crippen molar-refractivity contribution in [1.82, 2.24) is 14.8 Å². The van der Waals surface area contributed by atoms with Crippen LogP contribution in [0, 0.1) is 13.8 Å². The van der Waals surface area contributed by atoms with Crippen LogP contribution >= 0.6 is 0 Å². The molecule has 5 nitrogen and oxygen atoms in total. The highest BCUT2D eigenvalue weighted by Crippen LogP contribution is 2.18. The van der Waals surface area contributed by atoms with Crippen LogP contribution in [-0.4, -0.2) is 80.2 Å². The zero-order chi connectivity index (χ0) is 19.3. The van der Waals surface area contributed by atoms with Gasteiger partial charge in [-0.2, -0.15) is 0 Å². The first-order valence-corrected chi connectivity index (χ1v) is 10.6. The van der Waals surface area contributed by atoms with E-state index in [0.717, 1.165) is 50.8 Å². The van der Waals surface area contributed by atoms with Gasteiger partial charge >= 0.3 is 0 Å². The summed E-state index contributed by atoms with van der Waals surface area (Å²) in [6.07, 6.45) is 0. The quantitative estimate of drug-likeness (QED) is 0.796. The fraction of sp³-hybridized carbons (Fsp3) is 0.522. The molecule has 4 rings (SSSR count). The van der Waals surface area contributed by atoms with Crippen molar-refractivity contribution in [3.8, 4) is 0 Å². The van der Waals surface area contributed by atoms with E-state index in [9.17, 15) is 0 Å². The molecule has 0 atom stereocenters. The number of hydrogen-bond acceptors (Lipinski definition) is 5. The van der Waals surface area contributed by atoms with Crippen LogP contribution in [0.1, 0.15) is 11.3 Å². The summed E-state index contributed by atoms with van der Waals surface area (Å²) in [6, 6.07) is 15.2. The summed E-state index contributed by atoms with van der Waals surface area (Å²) < 4.78 is 0. The molecule has 1 aromatic carbocycles. The number of benzene rings is 1. The van der Waals surface area contributed by atoms with Crippen LogP contribution in [0.4, 0.5) is 11.5 Å². The van der Waals surface area contributed by atoms with Crippen molar-refractivity contribution < 1.29 is 0 Å². The Morgan fingerprint density at radius 2 is 1.32 bits per heavy atom. The van der Waals surface area contributed by atoms with Gasteiger partial charge < -0.3 is 9.80 Å². The zero-order valence-corrected chi connectivity index (χ0v) is 17.3. The Labute approximate surface area is 169 Å². The monoisotopic (exact) mass is 379 g/mol. The number of piperazine rings is 2. The highest BCUT2D eigenvalue weighted by Gasteiger charge is 2.21. The minimum Gasteiger partial charge on any atom is -0.369 e. The van der Waals surface area contributed by atoms with Gasteiger partial charge in [-0.3, -0.25) is 9.80 Å². The summed E-state index contributed by atoms with van der Waals surface area (Å²) >= 11 is 0. The second kappa shape index (κ2) is 8.93. The average molecular weight is 380 g/mol. The Balaban J connectivity index is 1.18. The van der Waals surface area contributed by atoms with E-state index in [1.807, 2.05) is 0 Å². The summed E-state index contributed by atoms with van der Waals surface area (Å²) in [6.45, 7) is 15.7. The van der Waals surface area contributed by atoms with E-state index >= 15 is 0 Å². The number of aromatic nitrogens is 1. The van der Waals surface area contributed by atoms with Crippen LogP contribution < -0.4 is 9.80 Å². The molecule has 0 aliphatic carbocycles. The van der Waals surface area contributed by atoms with Crippen molar-refractivity contribution in [3.05, 3.63) is 53.7 Å². The Bertz CT molecular complexity index is 696. The number of pyridine rings is 1. The van der Waals surface area contributed by atoms with E-state index < -0.39 is 0 Å². The molecule has 2 aliphatic heterocycles. The lowest BCUT2D eigenvalue weighted by molar-refractivity contribution is 0.190. The summed E-state index contributed by atoms with van der Waals surface area (Å²) in [7, 11) is 0. The number of anilines is 2. The topological polar surface area (TPSA) is 25.9 Å². The minimum absolute atomic E-state index is 1.08. The molecule has 150 valence electrons. The minimum atomic E-state index is 1.08. The lowest BCUT2D eigenvalue weighted by Gasteiger charge is -2.39. The highest BCUT2D eigenvalue weighted by molar-refractivity contribution is 5.48. The predicted octanol–water partition coefficient (Wildman–Crippen LogP) is 2.64. The third kappa shape index (κ3) is 4.83. The van der Waals surface area contributed by atoms with Crippen molar-refractivity contribution in [2.45, 2.75) is 13.8 Å². The van der Waals surface area contributed by atoms with E-state index in [-0.39, 0.29) is 0 Å². The molecular formula is C23H33N5. The molecule has 0 spiro atoms. The van der Waals surface area contributed by atoms with Crippen molar-refractivity contribution in [3.63, 3.8) is 0 Å². The third-order valence-corrected chi connectivity index (χ3v) is 6.04. The fourth-order valence-electron chi connectivity index (χ4n) is 4.24. The average Bonchev–Trinajstić information content (AvgIpc) is 2.73. The van der Waals surface area contributed by atoms with Crippen molar-refractivity contribution in [1.29, 1.82) is 0 Å². The van der Waals surface area contributed by atoms with Crippen LogP contribution in [-0.2, 0) is 0 Å². The summed E-state index contributed by atoms with van der Waals surface area (Å²) in [5.74, 6) is 1.13. The Morgan fingerprint density at radius 3 is 1.93 bits per heavy atom. The second-order valence-electron chi connectivity index (χ2n) is 8.13. The number of nitrogens with zero attached hydrogens (tertiary/aromatic N) is 5. The van der Waals surface area contributed by atoms with Gasteiger partial charge in [-0.1, -0.05) is 18.2 Å². The second-order valence-corrected chi connectivity index (χ2v) is 8.13. The highest BCUT2D eigenvalue weighted by atomic mass is 15.3. The first kappa shape index (κ1) is 19.2. The number of rotatable bonds is 5. The zero-order valence-electron chi connectivity index (χ0n) is 17.3. The molecule has 2 fully saturated rings.